The fourth-order valence-corrected chi connectivity index (χ4v) is 4.33. The summed E-state index contributed by atoms with van der Waals surface area (Å²) in [6.07, 6.45) is 0. The third kappa shape index (κ3) is 4.85. The molecule has 4 aromatic rings. The summed E-state index contributed by atoms with van der Waals surface area (Å²) in [6, 6.07) is 30.6. The normalized spacial score (nSPS) is 10.5. The summed E-state index contributed by atoms with van der Waals surface area (Å²) in [7, 11) is 0. The van der Waals surface area contributed by atoms with Gasteiger partial charge < -0.3 is 4.74 Å². The van der Waals surface area contributed by atoms with Gasteiger partial charge in [0.15, 0.2) is 0 Å². The van der Waals surface area contributed by atoms with Crippen molar-refractivity contribution in [3.05, 3.63) is 102 Å². The summed E-state index contributed by atoms with van der Waals surface area (Å²) in [5.74, 6) is 1.60. The maximum absolute atomic E-state index is 9.99. The zero-order chi connectivity index (χ0) is 22.3. The summed E-state index contributed by atoms with van der Waals surface area (Å²) in [5, 5.41) is 10.7. The van der Waals surface area contributed by atoms with E-state index in [9.17, 15) is 5.26 Å². The lowest BCUT2D eigenvalue weighted by Crippen LogP contribution is -2.03. The van der Waals surface area contributed by atoms with E-state index in [4.69, 9.17) is 9.72 Å². The second-order valence-corrected chi connectivity index (χ2v) is 8.56. The highest BCUT2D eigenvalue weighted by molar-refractivity contribution is 7.99. The Balaban J connectivity index is 1.63. The Bertz CT molecular complexity index is 1250. The quantitative estimate of drug-likeness (QED) is 0.229. The molecule has 0 aliphatic heterocycles. The van der Waals surface area contributed by atoms with Gasteiger partial charge in [0.2, 0.25) is 0 Å². The standard InChI is InChI=1S/C28H24N2OS/c1-20-10-9-15-27(21(20)2)31-16-17-32-28-25(19-29)24(22-11-5-3-6-12-22)18-26(30-28)23-13-7-4-8-14-23/h3-15,18H,16-17H2,1-2H3. The molecular formula is C28H24N2OS. The van der Waals surface area contributed by atoms with Crippen LogP contribution in [0.1, 0.15) is 16.7 Å². The number of thioether (sulfide) groups is 1. The van der Waals surface area contributed by atoms with Crippen LogP contribution in [0, 0.1) is 25.2 Å². The van der Waals surface area contributed by atoms with E-state index in [2.05, 4.69) is 26.0 Å². The average Bonchev–Trinajstić information content (AvgIpc) is 2.84. The smallest absolute Gasteiger partial charge is 0.122 e. The van der Waals surface area contributed by atoms with Crippen LogP contribution in [0.25, 0.3) is 22.4 Å². The Morgan fingerprint density at radius 1 is 0.875 bits per heavy atom. The molecular weight excluding hydrogens is 412 g/mol. The average molecular weight is 437 g/mol. The van der Waals surface area contributed by atoms with E-state index in [-0.39, 0.29) is 0 Å². The second-order valence-electron chi connectivity index (χ2n) is 7.47. The van der Waals surface area contributed by atoms with Crippen molar-refractivity contribution in [2.45, 2.75) is 18.9 Å². The number of ether oxygens (including phenoxy) is 1. The van der Waals surface area contributed by atoms with Crippen LogP contribution < -0.4 is 4.74 Å². The maximum atomic E-state index is 9.99. The monoisotopic (exact) mass is 436 g/mol. The molecule has 158 valence electrons. The molecule has 4 rings (SSSR count). The molecule has 0 unspecified atom stereocenters. The van der Waals surface area contributed by atoms with Gasteiger partial charge >= 0.3 is 0 Å². The number of aromatic nitrogens is 1. The van der Waals surface area contributed by atoms with Gasteiger partial charge in [-0.3, -0.25) is 0 Å². The Morgan fingerprint density at radius 2 is 1.56 bits per heavy atom. The molecule has 1 heterocycles. The molecule has 0 atom stereocenters. The summed E-state index contributed by atoms with van der Waals surface area (Å²) >= 11 is 1.56. The molecule has 0 saturated carbocycles. The van der Waals surface area contributed by atoms with Gasteiger partial charge in [0, 0.05) is 16.9 Å². The predicted molar refractivity (Wildman–Crippen MR) is 132 cm³/mol. The van der Waals surface area contributed by atoms with Gasteiger partial charge in [-0.15, -0.1) is 11.8 Å². The van der Waals surface area contributed by atoms with Crippen LogP contribution in [0.15, 0.2) is 90.0 Å². The van der Waals surface area contributed by atoms with Crippen molar-refractivity contribution in [3.63, 3.8) is 0 Å². The Kier molecular flexibility index (Phi) is 6.89. The molecule has 0 aliphatic rings. The molecule has 0 bridgehead atoms. The van der Waals surface area contributed by atoms with Crippen molar-refractivity contribution >= 4 is 11.8 Å². The third-order valence-electron chi connectivity index (χ3n) is 5.39. The first-order valence-electron chi connectivity index (χ1n) is 10.5. The van der Waals surface area contributed by atoms with Gasteiger partial charge in [-0.2, -0.15) is 5.26 Å². The number of benzene rings is 3. The molecule has 3 nitrogen and oxygen atoms in total. The Labute approximate surface area is 193 Å². The molecule has 0 spiro atoms. The molecule has 0 N–H and O–H groups in total. The molecule has 0 amide bonds. The van der Waals surface area contributed by atoms with Gasteiger partial charge in [-0.1, -0.05) is 72.8 Å². The van der Waals surface area contributed by atoms with Crippen molar-refractivity contribution in [3.8, 4) is 34.2 Å². The molecule has 0 radical (unpaired) electrons. The number of pyridine rings is 1. The van der Waals surface area contributed by atoms with Crippen molar-refractivity contribution in [2.24, 2.45) is 0 Å². The molecule has 32 heavy (non-hydrogen) atoms. The highest BCUT2D eigenvalue weighted by Gasteiger charge is 2.16. The topological polar surface area (TPSA) is 45.9 Å². The summed E-state index contributed by atoms with van der Waals surface area (Å²) in [5.41, 5.74) is 6.78. The number of aryl methyl sites for hydroxylation is 1. The predicted octanol–water partition coefficient (Wildman–Crippen LogP) is 7.08. The Hall–Kier alpha value is -3.55. The van der Waals surface area contributed by atoms with Crippen LogP contribution in [0.3, 0.4) is 0 Å². The zero-order valence-electron chi connectivity index (χ0n) is 18.2. The summed E-state index contributed by atoms with van der Waals surface area (Å²) in [6.45, 7) is 4.70. The zero-order valence-corrected chi connectivity index (χ0v) is 19.0. The van der Waals surface area contributed by atoms with E-state index in [1.54, 1.807) is 11.8 Å². The van der Waals surface area contributed by atoms with Gasteiger partial charge in [0.1, 0.15) is 16.8 Å². The second kappa shape index (κ2) is 10.2. The van der Waals surface area contributed by atoms with Crippen molar-refractivity contribution in [2.75, 3.05) is 12.4 Å². The fourth-order valence-electron chi connectivity index (χ4n) is 3.51. The number of rotatable bonds is 7. The largest absolute Gasteiger partial charge is 0.492 e. The third-order valence-corrected chi connectivity index (χ3v) is 6.33. The van der Waals surface area contributed by atoms with E-state index in [0.29, 0.717) is 17.9 Å². The minimum atomic E-state index is 0.539. The van der Waals surface area contributed by atoms with Gasteiger partial charge in [-0.25, -0.2) is 4.98 Å². The molecule has 1 aromatic heterocycles. The minimum Gasteiger partial charge on any atom is -0.492 e. The first-order chi connectivity index (χ1) is 15.7. The molecule has 4 heteroatoms. The number of nitrogens with zero attached hydrogens (tertiary/aromatic N) is 2. The highest BCUT2D eigenvalue weighted by Crippen LogP contribution is 2.34. The van der Waals surface area contributed by atoms with Crippen LogP contribution in [-0.2, 0) is 0 Å². The molecule has 3 aromatic carbocycles. The van der Waals surface area contributed by atoms with Crippen LogP contribution >= 0.6 is 11.8 Å². The summed E-state index contributed by atoms with van der Waals surface area (Å²) < 4.78 is 6.01. The van der Waals surface area contributed by atoms with Gasteiger partial charge in [-0.05, 0) is 42.7 Å². The molecule has 0 saturated heterocycles. The van der Waals surface area contributed by atoms with Gasteiger partial charge in [0.25, 0.3) is 0 Å². The van der Waals surface area contributed by atoms with Gasteiger partial charge in [0.05, 0.1) is 17.9 Å². The van der Waals surface area contributed by atoms with E-state index >= 15 is 0 Å². The molecule has 0 fully saturated rings. The highest BCUT2D eigenvalue weighted by atomic mass is 32.2. The van der Waals surface area contributed by atoms with E-state index < -0.39 is 0 Å². The van der Waals surface area contributed by atoms with Crippen LogP contribution in [0.2, 0.25) is 0 Å². The first-order valence-corrected chi connectivity index (χ1v) is 11.5. The first kappa shape index (κ1) is 21.7. The minimum absolute atomic E-state index is 0.539. The lowest BCUT2D eigenvalue weighted by molar-refractivity contribution is 0.341. The van der Waals surface area contributed by atoms with E-state index in [1.165, 1.54) is 5.56 Å². The lowest BCUT2D eigenvalue weighted by Gasteiger charge is -2.13. The van der Waals surface area contributed by atoms with Crippen LogP contribution in [-0.4, -0.2) is 17.3 Å². The molecule has 0 aliphatic carbocycles. The number of hydrogen-bond donors (Lipinski definition) is 0. The SMILES string of the molecule is Cc1cccc(OCCSc2nc(-c3ccccc3)cc(-c3ccccc3)c2C#N)c1C. The van der Waals surface area contributed by atoms with Crippen LogP contribution in [0.4, 0.5) is 0 Å². The maximum Gasteiger partial charge on any atom is 0.122 e. The van der Waals surface area contributed by atoms with Crippen molar-refractivity contribution in [1.29, 1.82) is 5.26 Å². The van der Waals surface area contributed by atoms with Crippen LogP contribution in [0.5, 0.6) is 5.75 Å². The summed E-state index contributed by atoms with van der Waals surface area (Å²) in [4.78, 5) is 4.86. The fraction of sp³-hybridized carbons (Fsp3) is 0.143. The Morgan fingerprint density at radius 3 is 2.25 bits per heavy atom. The number of hydrogen-bond acceptors (Lipinski definition) is 4. The number of nitriles is 1. The van der Waals surface area contributed by atoms with Crippen molar-refractivity contribution in [1.82, 2.24) is 4.98 Å². The lowest BCUT2D eigenvalue weighted by atomic mass is 9.99. The van der Waals surface area contributed by atoms with E-state index in [0.717, 1.165) is 38.7 Å². The van der Waals surface area contributed by atoms with E-state index in [1.807, 2.05) is 78.9 Å². The van der Waals surface area contributed by atoms with Crippen molar-refractivity contribution < 1.29 is 4.74 Å².